The number of Topliss-reactive ketones (excluding diaryl/α,β-unsaturated/α-hetero) is 1. The normalized spacial score (nSPS) is 21.4. The van der Waals surface area contributed by atoms with Crippen LogP contribution < -0.4 is 0 Å². The summed E-state index contributed by atoms with van der Waals surface area (Å²) >= 11 is 0. The van der Waals surface area contributed by atoms with Crippen molar-refractivity contribution in [2.75, 3.05) is 0 Å². The summed E-state index contributed by atoms with van der Waals surface area (Å²) in [5, 5.41) is 0. The predicted molar refractivity (Wildman–Crippen MR) is 89.0 cm³/mol. The summed E-state index contributed by atoms with van der Waals surface area (Å²) in [6, 6.07) is 0. The summed E-state index contributed by atoms with van der Waals surface area (Å²) in [5.74, 6) is 1.10. The maximum absolute atomic E-state index is 12.8. The van der Waals surface area contributed by atoms with E-state index in [0.717, 1.165) is 6.42 Å². The molecule has 0 saturated heterocycles. The van der Waals surface area contributed by atoms with Crippen molar-refractivity contribution in [3.63, 3.8) is 0 Å². The highest BCUT2D eigenvalue weighted by molar-refractivity contribution is 6.80. The first-order valence-corrected chi connectivity index (χ1v) is 11.8. The quantitative estimate of drug-likeness (QED) is 0.543. The highest BCUT2D eigenvalue weighted by atomic mass is 28.3. The zero-order valence-corrected chi connectivity index (χ0v) is 15.7. The van der Waals surface area contributed by atoms with Crippen LogP contribution in [-0.4, -0.2) is 25.9 Å². The molecule has 0 aliphatic heterocycles. The van der Waals surface area contributed by atoms with Crippen molar-refractivity contribution in [2.24, 2.45) is 17.8 Å². The number of hydrogen-bond acceptors (Lipinski definition) is 3. The van der Waals surface area contributed by atoms with Gasteiger partial charge in [0.15, 0.2) is 0 Å². The van der Waals surface area contributed by atoms with E-state index >= 15 is 0 Å². The van der Waals surface area contributed by atoms with Gasteiger partial charge in [-0.1, -0.05) is 47.3 Å². The van der Waals surface area contributed by atoms with Crippen LogP contribution in [0, 0.1) is 17.8 Å². The molecule has 0 bridgehead atoms. The van der Waals surface area contributed by atoms with Gasteiger partial charge < -0.3 is 4.74 Å². The molecule has 0 aromatic carbocycles. The Hall–Kier alpha value is -0.643. The molecule has 0 unspecified atom stereocenters. The number of esters is 1. The molecule has 0 aromatic heterocycles. The van der Waals surface area contributed by atoms with Crippen molar-refractivity contribution in [1.29, 1.82) is 0 Å². The Morgan fingerprint density at radius 2 is 1.67 bits per heavy atom. The van der Waals surface area contributed by atoms with Gasteiger partial charge >= 0.3 is 5.97 Å². The SMILES string of the molecule is CC(C)C(OC(=O)[C@@H]([C@@H]1CCC(=O)C1)[Si](C)(C)C)C(C)C. The first-order chi connectivity index (χ1) is 9.54. The molecule has 0 spiro atoms. The smallest absolute Gasteiger partial charge is 0.306 e. The number of carbonyl (C=O) groups excluding carboxylic acids is 2. The number of ketones is 1. The van der Waals surface area contributed by atoms with Gasteiger partial charge in [-0.3, -0.25) is 9.59 Å². The highest BCUT2D eigenvalue weighted by Gasteiger charge is 2.44. The lowest BCUT2D eigenvalue weighted by atomic mass is 9.96. The molecule has 1 fully saturated rings. The second-order valence-corrected chi connectivity index (χ2v) is 13.6. The van der Waals surface area contributed by atoms with Gasteiger partial charge in [-0.25, -0.2) is 0 Å². The molecule has 2 atom stereocenters. The fraction of sp³-hybridized carbons (Fsp3) is 0.882. The summed E-state index contributed by atoms with van der Waals surface area (Å²) in [6.45, 7) is 15.0. The van der Waals surface area contributed by atoms with E-state index in [0.29, 0.717) is 30.5 Å². The third-order valence-corrected chi connectivity index (χ3v) is 7.08. The number of carbonyl (C=O) groups is 2. The van der Waals surface area contributed by atoms with Crippen molar-refractivity contribution in [3.8, 4) is 0 Å². The number of ether oxygens (including phenoxy) is 1. The Kier molecular flexibility index (Phi) is 6.20. The third kappa shape index (κ3) is 4.94. The molecule has 4 heteroatoms. The van der Waals surface area contributed by atoms with E-state index in [1.165, 1.54) is 0 Å². The summed E-state index contributed by atoms with van der Waals surface area (Å²) < 4.78 is 5.89. The molecule has 1 aliphatic rings. The van der Waals surface area contributed by atoms with Crippen molar-refractivity contribution >= 4 is 19.8 Å². The molecular formula is C17H32O3Si. The molecule has 3 nitrogen and oxygen atoms in total. The highest BCUT2D eigenvalue weighted by Crippen LogP contribution is 2.40. The average Bonchev–Trinajstić information content (AvgIpc) is 2.69. The van der Waals surface area contributed by atoms with E-state index in [1.807, 2.05) is 0 Å². The van der Waals surface area contributed by atoms with Crippen molar-refractivity contribution < 1.29 is 14.3 Å². The topological polar surface area (TPSA) is 43.4 Å². The molecule has 0 heterocycles. The minimum atomic E-state index is -1.71. The van der Waals surface area contributed by atoms with Crippen molar-refractivity contribution in [3.05, 3.63) is 0 Å². The van der Waals surface area contributed by atoms with Gasteiger partial charge in [0.05, 0.1) is 13.6 Å². The standard InChI is InChI=1S/C17H32O3Si/c1-11(2)15(12(3)4)20-17(19)16(21(5,6)7)13-8-9-14(18)10-13/h11-13,15-16H,8-10H2,1-7H3/t13-,16-/m1/s1. The van der Waals surface area contributed by atoms with Gasteiger partial charge in [0.1, 0.15) is 11.9 Å². The Labute approximate surface area is 130 Å². The Bertz CT molecular complexity index is 374. The van der Waals surface area contributed by atoms with E-state index in [1.54, 1.807) is 0 Å². The predicted octanol–water partition coefficient (Wildman–Crippen LogP) is 4.29. The van der Waals surface area contributed by atoms with Crippen LogP contribution in [0.4, 0.5) is 0 Å². The van der Waals surface area contributed by atoms with Crippen LogP contribution in [0.2, 0.25) is 25.2 Å². The van der Waals surface area contributed by atoms with E-state index in [4.69, 9.17) is 4.74 Å². The van der Waals surface area contributed by atoms with Gasteiger partial charge in [-0.15, -0.1) is 0 Å². The lowest BCUT2D eigenvalue weighted by molar-refractivity contribution is -0.155. The summed E-state index contributed by atoms with van der Waals surface area (Å²) in [6.07, 6.45) is 2.03. The van der Waals surface area contributed by atoms with Gasteiger partial charge in [0, 0.05) is 12.8 Å². The average molecular weight is 313 g/mol. The minimum Gasteiger partial charge on any atom is -0.462 e. The monoisotopic (exact) mass is 312 g/mol. The Balaban J connectivity index is 2.88. The van der Waals surface area contributed by atoms with Crippen LogP contribution in [0.15, 0.2) is 0 Å². The molecule has 1 rings (SSSR count). The fourth-order valence-corrected chi connectivity index (χ4v) is 6.10. The van der Waals surface area contributed by atoms with Crippen LogP contribution >= 0.6 is 0 Å². The van der Waals surface area contributed by atoms with E-state index in [2.05, 4.69) is 47.3 Å². The Morgan fingerprint density at radius 3 is 2.00 bits per heavy atom. The first-order valence-electron chi connectivity index (χ1n) is 8.26. The van der Waals surface area contributed by atoms with Crippen LogP contribution in [0.25, 0.3) is 0 Å². The lowest BCUT2D eigenvalue weighted by Gasteiger charge is -2.34. The zero-order valence-electron chi connectivity index (χ0n) is 14.7. The molecule has 0 radical (unpaired) electrons. The molecule has 1 aliphatic carbocycles. The molecule has 0 amide bonds. The Morgan fingerprint density at radius 1 is 1.14 bits per heavy atom. The van der Waals surface area contributed by atoms with Crippen molar-refractivity contribution in [2.45, 2.75) is 78.2 Å². The second kappa shape index (κ2) is 7.08. The van der Waals surface area contributed by atoms with E-state index < -0.39 is 8.07 Å². The number of rotatable bonds is 6. The maximum atomic E-state index is 12.8. The summed E-state index contributed by atoms with van der Waals surface area (Å²) in [4.78, 5) is 24.4. The largest absolute Gasteiger partial charge is 0.462 e. The van der Waals surface area contributed by atoms with Crippen LogP contribution in [0.5, 0.6) is 0 Å². The first kappa shape index (κ1) is 18.4. The van der Waals surface area contributed by atoms with Gasteiger partial charge in [-0.2, -0.15) is 0 Å². The molecule has 1 saturated carbocycles. The summed E-state index contributed by atoms with van der Waals surface area (Å²) in [7, 11) is -1.71. The fourth-order valence-electron chi connectivity index (χ4n) is 3.63. The van der Waals surface area contributed by atoms with Gasteiger partial charge in [-0.05, 0) is 24.2 Å². The third-order valence-electron chi connectivity index (χ3n) is 4.51. The van der Waals surface area contributed by atoms with E-state index in [-0.39, 0.29) is 23.5 Å². The molecular weight excluding hydrogens is 280 g/mol. The van der Waals surface area contributed by atoms with Crippen LogP contribution in [0.3, 0.4) is 0 Å². The van der Waals surface area contributed by atoms with Gasteiger partial charge in [0.2, 0.25) is 0 Å². The van der Waals surface area contributed by atoms with E-state index in [9.17, 15) is 9.59 Å². The number of hydrogen-bond donors (Lipinski definition) is 0. The molecule has 122 valence electrons. The molecule has 21 heavy (non-hydrogen) atoms. The molecule has 0 N–H and O–H groups in total. The van der Waals surface area contributed by atoms with Crippen molar-refractivity contribution in [1.82, 2.24) is 0 Å². The van der Waals surface area contributed by atoms with Crippen LogP contribution in [0.1, 0.15) is 47.0 Å². The minimum absolute atomic E-state index is 0.0338. The van der Waals surface area contributed by atoms with Gasteiger partial charge in [0.25, 0.3) is 0 Å². The van der Waals surface area contributed by atoms with Crippen LogP contribution in [-0.2, 0) is 14.3 Å². The lowest BCUT2D eigenvalue weighted by Crippen LogP contribution is -2.41. The summed E-state index contributed by atoms with van der Waals surface area (Å²) in [5.41, 5.74) is -0.0519. The second-order valence-electron chi connectivity index (χ2n) is 8.27. The maximum Gasteiger partial charge on any atom is 0.306 e. The molecule has 0 aromatic rings. The zero-order chi connectivity index (χ0) is 16.4.